The molecule has 0 aliphatic carbocycles. The van der Waals surface area contributed by atoms with Crippen molar-refractivity contribution in [2.75, 3.05) is 23.3 Å². The van der Waals surface area contributed by atoms with Crippen LogP contribution in [0.3, 0.4) is 0 Å². The van der Waals surface area contributed by atoms with Crippen molar-refractivity contribution in [3.63, 3.8) is 0 Å². The topological polar surface area (TPSA) is 52.7 Å². The van der Waals surface area contributed by atoms with Gasteiger partial charge in [0.2, 0.25) is 0 Å². The molecule has 0 spiro atoms. The van der Waals surface area contributed by atoms with Crippen LogP contribution in [0.2, 0.25) is 5.02 Å². The highest BCUT2D eigenvalue weighted by atomic mass is 35.5. The molecule has 0 bridgehead atoms. The van der Waals surface area contributed by atoms with Gasteiger partial charge in [0.25, 0.3) is 5.91 Å². The number of carbonyl (C=O) groups excluding carboxylic acids is 2. The Morgan fingerprint density at radius 2 is 1.78 bits per heavy atom. The van der Waals surface area contributed by atoms with Crippen LogP contribution < -0.4 is 10.2 Å². The monoisotopic (exact) mass is 455 g/mol. The van der Waals surface area contributed by atoms with E-state index in [0.29, 0.717) is 41.5 Å². The molecule has 3 amide bonds. The number of hydrogen-bond donors (Lipinski definition) is 1. The molecule has 8 heteroatoms. The van der Waals surface area contributed by atoms with Gasteiger partial charge >= 0.3 is 6.03 Å². The first-order valence-corrected chi connectivity index (χ1v) is 10.5. The molecule has 3 aromatic rings. The van der Waals surface area contributed by atoms with E-state index in [-0.39, 0.29) is 24.0 Å². The third-order valence-electron chi connectivity index (χ3n) is 5.20. The Kier molecular flexibility index (Phi) is 6.37. The molecular formula is C24H20ClF2N3O2. The van der Waals surface area contributed by atoms with Gasteiger partial charge in [-0.15, -0.1) is 0 Å². The van der Waals surface area contributed by atoms with Gasteiger partial charge in [-0.2, -0.15) is 0 Å². The second kappa shape index (κ2) is 9.36. The Balaban J connectivity index is 1.49. The highest BCUT2D eigenvalue weighted by Gasteiger charge is 2.27. The summed E-state index contributed by atoms with van der Waals surface area (Å²) in [6, 6.07) is 16.4. The molecule has 4 rings (SSSR count). The first kappa shape index (κ1) is 21.8. The van der Waals surface area contributed by atoms with E-state index in [1.54, 1.807) is 53.4 Å². The van der Waals surface area contributed by atoms with Crippen LogP contribution in [0.4, 0.5) is 25.0 Å². The molecule has 1 N–H and O–H groups in total. The summed E-state index contributed by atoms with van der Waals surface area (Å²) >= 11 is 5.86. The van der Waals surface area contributed by atoms with E-state index in [4.69, 9.17) is 11.6 Å². The van der Waals surface area contributed by atoms with Crippen molar-refractivity contribution in [3.05, 3.63) is 94.5 Å². The van der Waals surface area contributed by atoms with Gasteiger partial charge in [0.15, 0.2) is 0 Å². The number of nitrogens with one attached hydrogen (secondary N) is 1. The van der Waals surface area contributed by atoms with Crippen LogP contribution in [0.5, 0.6) is 0 Å². The van der Waals surface area contributed by atoms with E-state index >= 15 is 0 Å². The second-order valence-electron chi connectivity index (χ2n) is 7.46. The highest BCUT2D eigenvalue weighted by Crippen LogP contribution is 2.25. The minimum atomic E-state index is -0.553. The smallest absolute Gasteiger partial charge is 0.322 e. The minimum absolute atomic E-state index is 0.0219. The van der Waals surface area contributed by atoms with Crippen molar-refractivity contribution in [3.8, 4) is 0 Å². The predicted molar refractivity (Wildman–Crippen MR) is 120 cm³/mol. The van der Waals surface area contributed by atoms with Gasteiger partial charge in [-0.05, 0) is 67.1 Å². The number of halogens is 3. The van der Waals surface area contributed by atoms with Crippen LogP contribution in [0.15, 0.2) is 66.7 Å². The lowest BCUT2D eigenvalue weighted by atomic mass is 10.1. The first-order chi connectivity index (χ1) is 15.4. The SMILES string of the molecule is O=C(Nc1cccc(N2CCCN(Cc3cc(F)ccc3F)C2=O)c1)c1ccc(Cl)cc1. The van der Waals surface area contributed by atoms with Crippen LogP contribution in [0.1, 0.15) is 22.3 Å². The van der Waals surface area contributed by atoms with Gasteiger partial charge in [-0.3, -0.25) is 9.69 Å². The van der Waals surface area contributed by atoms with Crippen LogP contribution >= 0.6 is 11.6 Å². The molecule has 1 saturated heterocycles. The van der Waals surface area contributed by atoms with E-state index in [1.165, 1.54) is 4.90 Å². The maximum absolute atomic E-state index is 14.0. The molecule has 1 heterocycles. The number of benzene rings is 3. The third-order valence-corrected chi connectivity index (χ3v) is 5.45. The third kappa shape index (κ3) is 4.89. The first-order valence-electron chi connectivity index (χ1n) is 10.1. The summed E-state index contributed by atoms with van der Waals surface area (Å²) in [5.74, 6) is -1.40. The Morgan fingerprint density at radius 3 is 2.56 bits per heavy atom. The van der Waals surface area contributed by atoms with Gasteiger partial charge in [0.05, 0.1) is 6.54 Å². The largest absolute Gasteiger partial charge is 0.324 e. The van der Waals surface area contributed by atoms with E-state index in [0.717, 1.165) is 18.2 Å². The number of rotatable bonds is 5. The standard InChI is InChI=1S/C24H20ClF2N3O2/c25-18-7-5-16(6-8-18)23(31)28-20-3-1-4-21(14-20)30-12-2-11-29(24(30)32)15-17-13-19(26)9-10-22(17)27/h1,3-10,13-14H,2,11-12,15H2,(H,28,31). The summed E-state index contributed by atoms with van der Waals surface area (Å²) in [7, 11) is 0. The molecular weight excluding hydrogens is 436 g/mol. The van der Waals surface area contributed by atoms with Gasteiger partial charge in [-0.1, -0.05) is 17.7 Å². The summed E-state index contributed by atoms with van der Waals surface area (Å²) in [5, 5.41) is 3.35. The number of carbonyl (C=O) groups is 2. The lowest BCUT2D eigenvalue weighted by Crippen LogP contribution is -2.49. The summed E-state index contributed by atoms with van der Waals surface area (Å²) in [6.45, 7) is 0.903. The zero-order valence-corrected chi connectivity index (χ0v) is 17.8. The Labute approximate surface area is 189 Å². The molecule has 0 aromatic heterocycles. The number of urea groups is 1. The average molecular weight is 456 g/mol. The van der Waals surface area contributed by atoms with Crippen molar-refractivity contribution >= 4 is 34.9 Å². The lowest BCUT2D eigenvalue weighted by molar-refractivity contribution is 0.102. The fourth-order valence-corrected chi connectivity index (χ4v) is 3.72. The van der Waals surface area contributed by atoms with Gasteiger partial charge in [0, 0.05) is 40.6 Å². The Bertz CT molecular complexity index is 1150. The molecule has 164 valence electrons. The Morgan fingerprint density at radius 1 is 1.00 bits per heavy atom. The zero-order valence-electron chi connectivity index (χ0n) is 17.0. The van der Waals surface area contributed by atoms with Crippen LogP contribution in [-0.4, -0.2) is 29.9 Å². The van der Waals surface area contributed by atoms with E-state index < -0.39 is 11.6 Å². The number of anilines is 2. The van der Waals surface area contributed by atoms with Crippen LogP contribution in [0.25, 0.3) is 0 Å². The second-order valence-corrected chi connectivity index (χ2v) is 7.89. The molecule has 0 atom stereocenters. The average Bonchev–Trinajstić information content (AvgIpc) is 2.78. The number of nitrogens with zero attached hydrogens (tertiary/aromatic N) is 2. The molecule has 0 saturated carbocycles. The summed E-state index contributed by atoms with van der Waals surface area (Å²) < 4.78 is 27.6. The maximum Gasteiger partial charge on any atom is 0.324 e. The molecule has 1 aliphatic rings. The van der Waals surface area contributed by atoms with Gasteiger partial charge in [0.1, 0.15) is 11.6 Å². The quantitative estimate of drug-likeness (QED) is 0.536. The maximum atomic E-state index is 14.0. The summed E-state index contributed by atoms with van der Waals surface area (Å²) in [6.07, 6.45) is 0.671. The van der Waals surface area contributed by atoms with Gasteiger partial charge < -0.3 is 10.2 Å². The molecule has 1 fully saturated rings. The molecule has 0 unspecified atom stereocenters. The van der Waals surface area contributed by atoms with Crippen LogP contribution in [-0.2, 0) is 6.54 Å². The molecule has 3 aromatic carbocycles. The summed E-state index contributed by atoms with van der Waals surface area (Å²) in [4.78, 5) is 28.6. The van der Waals surface area contributed by atoms with Crippen LogP contribution in [0, 0.1) is 11.6 Å². The molecule has 0 radical (unpaired) electrons. The molecule has 5 nitrogen and oxygen atoms in total. The fraction of sp³-hybridized carbons (Fsp3) is 0.167. The lowest BCUT2D eigenvalue weighted by Gasteiger charge is -2.36. The highest BCUT2D eigenvalue weighted by molar-refractivity contribution is 6.30. The van der Waals surface area contributed by atoms with E-state index in [1.807, 2.05) is 0 Å². The molecule has 1 aliphatic heterocycles. The van der Waals surface area contributed by atoms with E-state index in [9.17, 15) is 18.4 Å². The van der Waals surface area contributed by atoms with Crippen molar-refractivity contribution in [2.24, 2.45) is 0 Å². The number of hydrogen-bond acceptors (Lipinski definition) is 2. The summed E-state index contributed by atoms with van der Waals surface area (Å²) in [5.41, 5.74) is 1.72. The minimum Gasteiger partial charge on any atom is -0.322 e. The van der Waals surface area contributed by atoms with Crippen molar-refractivity contribution in [1.82, 2.24) is 4.90 Å². The van der Waals surface area contributed by atoms with Gasteiger partial charge in [-0.25, -0.2) is 13.6 Å². The fourth-order valence-electron chi connectivity index (χ4n) is 3.59. The van der Waals surface area contributed by atoms with Crippen molar-refractivity contribution in [1.29, 1.82) is 0 Å². The number of amides is 3. The predicted octanol–water partition coefficient (Wildman–Crippen LogP) is 5.70. The van der Waals surface area contributed by atoms with Crippen molar-refractivity contribution < 1.29 is 18.4 Å². The molecule has 32 heavy (non-hydrogen) atoms. The zero-order chi connectivity index (χ0) is 22.7. The Hall–Kier alpha value is -3.45. The normalized spacial score (nSPS) is 13.9. The van der Waals surface area contributed by atoms with E-state index in [2.05, 4.69) is 5.32 Å². The van der Waals surface area contributed by atoms with Crippen molar-refractivity contribution in [2.45, 2.75) is 13.0 Å².